The highest BCUT2D eigenvalue weighted by Crippen LogP contribution is 2.27. The third-order valence-electron chi connectivity index (χ3n) is 4.65. The Bertz CT molecular complexity index is 793. The van der Waals surface area contributed by atoms with Crippen LogP contribution in [-0.4, -0.2) is 39.8 Å². The van der Waals surface area contributed by atoms with Crippen LogP contribution in [0.25, 0.3) is 21.8 Å². The predicted octanol–water partition coefficient (Wildman–Crippen LogP) is 4.02. The van der Waals surface area contributed by atoms with Gasteiger partial charge in [0.25, 0.3) is 0 Å². The van der Waals surface area contributed by atoms with Gasteiger partial charge in [0.05, 0.1) is 5.69 Å². The third kappa shape index (κ3) is 3.42. The topological polar surface area (TPSA) is 34.0 Å². The van der Waals surface area contributed by atoms with Crippen LogP contribution in [0.1, 0.15) is 12.8 Å². The van der Waals surface area contributed by atoms with Crippen LogP contribution < -0.4 is 0 Å². The van der Waals surface area contributed by atoms with Crippen LogP contribution in [0.3, 0.4) is 0 Å². The number of hydrogen-bond acceptors (Lipinski definition) is 4. The fourth-order valence-corrected chi connectivity index (χ4v) is 4.12. The van der Waals surface area contributed by atoms with Crippen molar-refractivity contribution < 1.29 is 0 Å². The van der Waals surface area contributed by atoms with Crippen LogP contribution in [-0.2, 0) is 6.54 Å². The van der Waals surface area contributed by atoms with Gasteiger partial charge in [0.1, 0.15) is 5.01 Å². The van der Waals surface area contributed by atoms with Gasteiger partial charge in [0, 0.05) is 42.0 Å². The maximum absolute atomic E-state index is 4.80. The van der Waals surface area contributed by atoms with Gasteiger partial charge >= 0.3 is 0 Å². The smallest absolute Gasteiger partial charge is 0.123 e. The lowest BCUT2D eigenvalue weighted by Gasteiger charge is -2.29. The summed E-state index contributed by atoms with van der Waals surface area (Å²) in [5, 5.41) is 7.87. The zero-order chi connectivity index (χ0) is 16.4. The molecule has 1 aromatic carbocycles. The van der Waals surface area contributed by atoms with Crippen molar-refractivity contribution in [2.75, 3.05) is 20.1 Å². The molecule has 1 aliphatic heterocycles. The molecule has 4 nitrogen and oxygen atoms in total. The first-order valence-corrected chi connectivity index (χ1v) is 9.38. The normalized spacial score (nSPS) is 18.8. The van der Waals surface area contributed by atoms with Crippen LogP contribution in [0.4, 0.5) is 0 Å². The molecule has 3 heterocycles. The molecular formula is C19H22N4S. The summed E-state index contributed by atoms with van der Waals surface area (Å²) in [5.74, 6) is 0.707. The van der Waals surface area contributed by atoms with E-state index in [1.165, 1.54) is 25.9 Å². The van der Waals surface area contributed by atoms with E-state index < -0.39 is 0 Å². The van der Waals surface area contributed by atoms with Gasteiger partial charge < -0.3 is 4.90 Å². The first-order chi connectivity index (χ1) is 11.8. The van der Waals surface area contributed by atoms with Gasteiger partial charge in [-0.25, -0.2) is 4.98 Å². The molecule has 1 saturated heterocycles. The summed E-state index contributed by atoms with van der Waals surface area (Å²) in [5.41, 5.74) is 3.35. The summed E-state index contributed by atoms with van der Waals surface area (Å²) < 4.78 is 2.11. The molecule has 0 saturated carbocycles. The SMILES string of the molecule is CN1CCCC(Cn2ccc(-c3cccc(-c4nccs4)c3)n2)C1. The van der Waals surface area contributed by atoms with Crippen molar-refractivity contribution in [2.45, 2.75) is 19.4 Å². The van der Waals surface area contributed by atoms with E-state index in [1.807, 2.05) is 11.6 Å². The van der Waals surface area contributed by atoms with E-state index in [0.717, 1.165) is 28.4 Å². The quantitative estimate of drug-likeness (QED) is 0.720. The van der Waals surface area contributed by atoms with Gasteiger partial charge in [-0.1, -0.05) is 18.2 Å². The van der Waals surface area contributed by atoms with Gasteiger partial charge in [-0.15, -0.1) is 11.3 Å². The lowest BCUT2D eigenvalue weighted by Crippen LogP contribution is -2.34. The Morgan fingerprint density at radius 1 is 1.25 bits per heavy atom. The summed E-state index contributed by atoms with van der Waals surface area (Å²) >= 11 is 1.67. The number of nitrogens with zero attached hydrogens (tertiary/aromatic N) is 4. The van der Waals surface area contributed by atoms with Gasteiger partial charge in [-0.05, 0) is 44.5 Å². The molecule has 0 amide bonds. The van der Waals surface area contributed by atoms with Crippen LogP contribution in [0, 0.1) is 5.92 Å². The Balaban J connectivity index is 1.51. The van der Waals surface area contributed by atoms with Gasteiger partial charge in [0.2, 0.25) is 0 Å². The third-order valence-corrected chi connectivity index (χ3v) is 5.47. The zero-order valence-corrected chi connectivity index (χ0v) is 14.7. The second kappa shape index (κ2) is 6.87. The molecule has 0 spiro atoms. The molecule has 0 radical (unpaired) electrons. The van der Waals surface area contributed by atoms with Crippen molar-refractivity contribution in [1.29, 1.82) is 0 Å². The molecule has 1 aliphatic rings. The fourth-order valence-electron chi connectivity index (χ4n) is 3.48. The van der Waals surface area contributed by atoms with E-state index in [2.05, 4.69) is 58.1 Å². The lowest BCUT2D eigenvalue weighted by molar-refractivity contribution is 0.191. The van der Waals surface area contributed by atoms with Gasteiger partial charge in [-0.3, -0.25) is 4.68 Å². The highest BCUT2D eigenvalue weighted by Gasteiger charge is 2.18. The van der Waals surface area contributed by atoms with E-state index in [1.54, 1.807) is 11.3 Å². The van der Waals surface area contributed by atoms with Crippen LogP contribution >= 0.6 is 11.3 Å². The monoisotopic (exact) mass is 338 g/mol. The van der Waals surface area contributed by atoms with Crippen molar-refractivity contribution >= 4 is 11.3 Å². The molecular weight excluding hydrogens is 316 g/mol. The molecule has 124 valence electrons. The number of likely N-dealkylation sites (tertiary alicyclic amines) is 1. The van der Waals surface area contributed by atoms with Crippen molar-refractivity contribution in [3.05, 3.63) is 48.1 Å². The van der Waals surface area contributed by atoms with Crippen molar-refractivity contribution in [3.63, 3.8) is 0 Å². The van der Waals surface area contributed by atoms with E-state index in [-0.39, 0.29) is 0 Å². The van der Waals surface area contributed by atoms with Crippen LogP contribution in [0.2, 0.25) is 0 Å². The van der Waals surface area contributed by atoms with Gasteiger partial charge in [-0.2, -0.15) is 5.10 Å². The Morgan fingerprint density at radius 3 is 3.00 bits per heavy atom. The second-order valence-corrected chi connectivity index (χ2v) is 7.51. The van der Waals surface area contributed by atoms with Crippen LogP contribution in [0.5, 0.6) is 0 Å². The molecule has 0 bridgehead atoms. The second-order valence-electron chi connectivity index (χ2n) is 6.61. The molecule has 3 aromatic rings. The lowest BCUT2D eigenvalue weighted by atomic mass is 9.99. The predicted molar refractivity (Wildman–Crippen MR) is 99.0 cm³/mol. The van der Waals surface area contributed by atoms with E-state index in [9.17, 15) is 0 Å². The van der Waals surface area contributed by atoms with E-state index in [0.29, 0.717) is 5.92 Å². The van der Waals surface area contributed by atoms with Crippen LogP contribution in [0.15, 0.2) is 48.1 Å². The average Bonchev–Trinajstić information content (AvgIpc) is 3.27. The Hall–Kier alpha value is -1.98. The van der Waals surface area contributed by atoms with Crippen molar-refractivity contribution in [1.82, 2.24) is 19.7 Å². The molecule has 4 rings (SSSR count). The Labute approximate surface area is 146 Å². The van der Waals surface area contributed by atoms with Gasteiger partial charge in [0.15, 0.2) is 0 Å². The first kappa shape index (κ1) is 15.5. The first-order valence-electron chi connectivity index (χ1n) is 8.50. The number of piperidine rings is 1. The van der Waals surface area contributed by atoms with E-state index in [4.69, 9.17) is 5.10 Å². The molecule has 1 fully saturated rings. The number of thiazole rings is 1. The molecule has 5 heteroatoms. The summed E-state index contributed by atoms with van der Waals surface area (Å²) in [7, 11) is 2.21. The standard InChI is InChI=1S/C19H22N4S/c1-22-9-3-4-15(13-22)14-23-10-7-18(21-23)16-5-2-6-17(12-16)19-20-8-11-24-19/h2,5-8,10-12,15H,3-4,9,13-14H2,1H3. The average molecular weight is 338 g/mol. The summed E-state index contributed by atoms with van der Waals surface area (Å²) in [4.78, 5) is 6.83. The fraction of sp³-hybridized carbons (Fsp3) is 0.368. The molecule has 0 aliphatic carbocycles. The number of benzene rings is 1. The molecule has 1 atom stereocenters. The maximum Gasteiger partial charge on any atom is 0.123 e. The minimum atomic E-state index is 0.707. The summed E-state index contributed by atoms with van der Waals surface area (Å²) in [6.07, 6.45) is 6.56. The minimum absolute atomic E-state index is 0.707. The van der Waals surface area contributed by atoms with E-state index >= 15 is 0 Å². The van der Waals surface area contributed by atoms with Crippen molar-refractivity contribution in [3.8, 4) is 21.8 Å². The highest BCUT2D eigenvalue weighted by atomic mass is 32.1. The number of hydrogen-bond donors (Lipinski definition) is 0. The molecule has 2 aromatic heterocycles. The summed E-state index contributed by atoms with van der Waals surface area (Å²) in [6, 6.07) is 10.6. The zero-order valence-electron chi connectivity index (χ0n) is 13.9. The number of rotatable bonds is 4. The summed E-state index contributed by atoms with van der Waals surface area (Å²) in [6.45, 7) is 3.41. The highest BCUT2D eigenvalue weighted by molar-refractivity contribution is 7.13. The number of aromatic nitrogens is 3. The Morgan fingerprint density at radius 2 is 2.17 bits per heavy atom. The molecule has 24 heavy (non-hydrogen) atoms. The van der Waals surface area contributed by atoms with Crippen molar-refractivity contribution in [2.24, 2.45) is 5.92 Å². The Kier molecular flexibility index (Phi) is 4.45. The molecule has 0 N–H and O–H groups in total. The minimum Gasteiger partial charge on any atom is -0.306 e. The largest absolute Gasteiger partial charge is 0.306 e. The maximum atomic E-state index is 4.80. The molecule has 1 unspecified atom stereocenters.